The Morgan fingerprint density at radius 1 is 1.11 bits per heavy atom. The van der Waals surface area contributed by atoms with Gasteiger partial charge in [-0.1, -0.05) is 65.3 Å². The van der Waals surface area contributed by atoms with Gasteiger partial charge in [-0.3, -0.25) is 0 Å². The lowest BCUT2D eigenvalue weighted by Gasteiger charge is -2.25. The maximum Gasteiger partial charge on any atom is 0.0345 e. The van der Waals surface area contributed by atoms with E-state index in [1.807, 2.05) is 0 Å². The summed E-state index contributed by atoms with van der Waals surface area (Å²) in [6.45, 7) is 12.4. The first-order valence-corrected chi connectivity index (χ1v) is 7.40. The predicted octanol–water partition coefficient (Wildman–Crippen LogP) is 4.58. The summed E-state index contributed by atoms with van der Waals surface area (Å²) in [7, 11) is 0. The van der Waals surface area contributed by atoms with Crippen molar-refractivity contribution in [3.8, 4) is 0 Å². The molecule has 1 nitrogen and oxygen atoms in total. The van der Waals surface area contributed by atoms with Gasteiger partial charge in [-0.25, -0.2) is 0 Å². The lowest BCUT2D eigenvalue weighted by molar-refractivity contribution is 0.383. The van der Waals surface area contributed by atoms with Gasteiger partial charge < -0.3 is 5.32 Å². The lowest BCUT2D eigenvalue weighted by Crippen LogP contribution is -2.26. The van der Waals surface area contributed by atoms with E-state index in [-0.39, 0.29) is 0 Å². The fourth-order valence-electron chi connectivity index (χ4n) is 2.49. The zero-order valence-corrected chi connectivity index (χ0v) is 12.7. The first kappa shape index (κ1) is 15.2. The molecular formula is C17H29N. The Bertz CT molecular complexity index is 343. The Kier molecular flexibility index (Phi) is 6.42. The Morgan fingerprint density at radius 2 is 1.83 bits per heavy atom. The summed E-state index contributed by atoms with van der Waals surface area (Å²) in [5, 5.41) is 3.63. The highest BCUT2D eigenvalue weighted by atomic mass is 14.9. The molecule has 0 aliphatic carbocycles. The van der Waals surface area contributed by atoms with E-state index in [1.165, 1.54) is 24.0 Å². The summed E-state index contributed by atoms with van der Waals surface area (Å²) in [6.07, 6.45) is 2.39. The highest BCUT2D eigenvalue weighted by molar-refractivity contribution is 5.27. The Balaban J connectivity index is 2.90. The van der Waals surface area contributed by atoms with E-state index in [0.717, 1.165) is 12.5 Å². The molecule has 1 rings (SSSR count). The van der Waals surface area contributed by atoms with Crippen LogP contribution < -0.4 is 5.32 Å². The van der Waals surface area contributed by atoms with Gasteiger partial charge in [0.05, 0.1) is 0 Å². The maximum absolute atomic E-state index is 3.63. The molecule has 1 aromatic rings. The molecule has 0 saturated carbocycles. The van der Waals surface area contributed by atoms with Crippen LogP contribution in [0.1, 0.15) is 58.2 Å². The van der Waals surface area contributed by atoms with E-state index < -0.39 is 0 Å². The number of rotatable bonds is 7. The Hall–Kier alpha value is -0.820. The molecule has 18 heavy (non-hydrogen) atoms. The average Bonchev–Trinajstić information content (AvgIpc) is 2.34. The normalized spacial score (nSPS) is 14.8. The second-order valence-electron chi connectivity index (χ2n) is 5.76. The molecule has 1 heteroatoms. The summed E-state index contributed by atoms with van der Waals surface area (Å²) in [5.74, 6) is 1.40. The summed E-state index contributed by atoms with van der Waals surface area (Å²) in [6, 6.07) is 9.61. The molecule has 0 heterocycles. The van der Waals surface area contributed by atoms with Gasteiger partial charge in [0.2, 0.25) is 0 Å². The minimum atomic E-state index is 0.493. The number of hydrogen-bond donors (Lipinski definition) is 1. The molecule has 0 bridgehead atoms. The molecule has 0 fully saturated rings. The minimum Gasteiger partial charge on any atom is -0.310 e. The van der Waals surface area contributed by atoms with Gasteiger partial charge in [-0.2, -0.15) is 0 Å². The molecule has 102 valence electrons. The quantitative estimate of drug-likeness (QED) is 0.743. The van der Waals surface area contributed by atoms with Gasteiger partial charge in [0.25, 0.3) is 0 Å². The summed E-state index contributed by atoms with van der Waals surface area (Å²) < 4.78 is 0. The van der Waals surface area contributed by atoms with E-state index in [4.69, 9.17) is 0 Å². The van der Waals surface area contributed by atoms with Crippen molar-refractivity contribution < 1.29 is 0 Å². The topological polar surface area (TPSA) is 12.0 Å². The second kappa shape index (κ2) is 7.58. The van der Waals surface area contributed by atoms with Crippen LogP contribution in [0, 0.1) is 11.8 Å². The van der Waals surface area contributed by atoms with Gasteiger partial charge in [0.1, 0.15) is 0 Å². The SMILES string of the molecule is CCNC(c1cccc(CC(C)C)c1)C(C)CC. The van der Waals surface area contributed by atoms with Crippen LogP contribution >= 0.6 is 0 Å². The highest BCUT2D eigenvalue weighted by Crippen LogP contribution is 2.25. The summed E-state index contributed by atoms with van der Waals surface area (Å²) in [4.78, 5) is 0. The summed E-state index contributed by atoms with van der Waals surface area (Å²) in [5.41, 5.74) is 2.91. The van der Waals surface area contributed by atoms with Crippen LogP contribution in [-0.4, -0.2) is 6.54 Å². The molecule has 2 atom stereocenters. The maximum atomic E-state index is 3.63. The molecule has 1 N–H and O–H groups in total. The largest absolute Gasteiger partial charge is 0.310 e. The first-order valence-electron chi connectivity index (χ1n) is 7.40. The minimum absolute atomic E-state index is 0.493. The molecule has 0 aliphatic heterocycles. The van der Waals surface area contributed by atoms with Crippen molar-refractivity contribution in [2.45, 2.75) is 53.5 Å². The van der Waals surface area contributed by atoms with Gasteiger partial charge in [-0.05, 0) is 35.9 Å². The van der Waals surface area contributed by atoms with Crippen LogP contribution in [0.15, 0.2) is 24.3 Å². The molecule has 0 aromatic heterocycles. The first-order chi connectivity index (χ1) is 8.58. The zero-order valence-electron chi connectivity index (χ0n) is 12.7. The zero-order chi connectivity index (χ0) is 13.5. The van der Waals surface area contributed by atoms with Gasteiger partial charge in [0.15, 0.2) is 0 Å². The van der Waals surface area contributed by atoms with E-state index in [9.17, 15) is 0 Å². The standard InChI is InChI=1S/C17H29N/c1-6-14(5)17(18-7-2)16-10-8-9-15(12-16)11-13(3)4/h8-10,12-14,17-18H,6-7,11H2,1-5H3. The van der Waals surface area contributed by atoms with Gasteiger partial charge in [-0.15, -0.1) is 0 Å². The molecule has 0 amide bonds. The van der Waals surface area contributed by atoms with Crippen molar-refractivity contribution >= 4 is 0 Å². The van der Waals surface area contributed by atoms with Crippen LogP contribution in [0.4, 0.5) is 0 Å². The van der Waals surface area contributed by atoms with Crippen molar-refractivity contribution in [2.24, 2.45) is 11.8 Å². The highest BCUT2D eigenvalue weighted by Gasteiger charge is 2.16. The van der Waals surface area contributed by atoms with E-state index in [0.29, 0.717) is 12.0 Å². The van der Waals surface area contributed by atoms with Crippen molar-refractivity contribution in [1.82, 2.24) is 5.32 Å². The van der Waals surface area contributed by atoms with Crippen LogP contribution in [-0.2, 0) is 6.42 Å². The van der Waals surface area contributed by atoms with Gasteiger partial charge >= 0.3 is 0 Å². The molecule has 0 spiro atoms. The van der Waals surface area contributed by atoms with E-state index >= 15 is 0 Å². The fraction of sp³-hybridized carbons (Fsp3) is 0.647. The lowest BCUT2D eigenvalue weighted by atomic mass is 9.90. The number of nitrogens with one attached hydrogen (secondary N) is 1. The third kappa shape index (κ3) is 4.45. The van der Waals surface area contributed by atoms with Crippen LogP contribution in [0.25, 0.3) is 0 Å². The monoisotopic (exact) mass is 247 g/mol. The summed E-state index contributed by atoms with van der Waals surface area (Å²) >= 11 is 0. The Morgan fingerprint density at radius 3 is 2.39 bits per heavy atom. The smallest absolute Gasteiger partial charge is 0.0345 e. The van der Waals surface area contributed by atoms with Crippen molar-refractivity contribution in [2.75, 3.05) is 6.54 Å². The van der Waals surface area contributed by atoms with Crippen LogP contribution in [0.2, 0.25) is 0 Å². The number of hydrogen-bond acceptors (Lipinski definition) is 1. The number of benzene rings is 1. The molecule has 0 radical (unpaired) electrons. The third-order valence-electron chi connectivity index (χ3n) is 3.59. The molecule has 2 unspecified atom stereocenters. The van der Waals surface area contributed by atoms with E-state index in [1.54, 1.807) is 0 Å². The fourth-order valence-corrected chi connectivity index (χ4v) is 2.49. The average molecular weight is 247 g/mol. The molecular weight excluding hydrogens is 218 g/mol. The molecule has 1 aromatic carbocycles. The van der Waals surface area contributed by atoms with Crippen molar-refractivity contribution in [3.63, 3.8) is 0 Å². The van der Waals surface area contributed by atoms with Crippen LogP contribution in [0.3, 0.4) is 0 Å². The van der Waals surface area contributed by atoms with Crippen molar-refractivity contribution in [1.29, 1.82) is 0 Å². The Labute approximate surface area is 113 Å². The molecule has 0 aliphatic rings. The molecule has 0 saturated heterocycles. The van der Waals surface area contributed by atoms with Crippen molar-refractivity contribution in [3.05, 3.63) is 35.4 Å². The van der Waals surface area contributed by atoms with Crippen LogP contribution in [0.5, 0.6) is 0 Å². The van der Waals surface area contributed by atoms with E-state index in [2.05, 4.69) is 64.2 Å². The predicted molar refractivity (Wildman–Crippen MR) is 80.9 cm³/mol. The van der Waals surface area contributed by atoms with Gasteiger partial charge in [0, 0.05) is 6.04 Å². The second-order valence-corrected chi connectivity index (χ2v) is 5.76. The third-order valence-corrected chi connectivity index (χ3v) is 3.59.